The molecule has 0 aliphatic carbocycles. The van der Waals surface area contributed by atoms with Crippen LogP contribution in [0.2, 0.25) is 0 Å². The van der Waals surface area contributed by atoms with Gasteiger partial charge in [0, 0.05) is 5.43 Å². The molecular weight excluding hydrogens is 114 g/mol. The van der Waals surface area contributed by atoms with Crippen LogP contribution in [0.15, 0.2) is 29.1 Å². The second kappa shape index (κ2) is 2.42. The summed E-state index contributed by atoms with van der Waals surface area (Å²) in [7, 11) is 0. The van der Waals surface area contributed by atoms with Crippen molar-refractivity contribution in [2.75, 3.05) is 0 Å². The maximum absolute atomic E-state index is 10.5. The van der Waals surface area contributed by atoms with Crippen molar-refractivity contribution < 1.29 is 5.73 Å². The lowest BCUT2D eigenvalue weighted by Crippen LogP contribution is -2.44. The number of benzene rings is 1. The molecule has 3 N–H and O–H groups in total. The van der Waals surface area contributed by atoms with E-state index in [0.717, 1.165) is 5.56 Å². The van der Waals surface area contributed by atoms with E-state index >= 15 is 0 Å². The highest BCUT2D eigenvalue weighted by Gasteiger charge is 1.68. The molecule has 0 spiro atoms. The Morgan fingerprint density at radius 1 is 1.56 bits per heavy atom. The third-order valence-corrected chi connectivity index (χ3v) is 1.12. The van der Waals surface area contributed by atoms with Gasteiger partial charge in [0.2, 0.25) is 0 Å². The molecule has 0 bridgehead atoms. The van der Waals surface area contributed by atoms with Crippen LogP contribution in [0, 0.1) is 6.54 Å². The smallest absolute Gasteiger partial charge is 0.0483 e. The minimum absolute atomic E-state index is 0.0422. The standard InChI is InChI=1S/C7H8NO/c8-5-6-1-3-7(9)4-2-6/h1-5H,8H3/q-1. The number of quaternary nitrogens is 1. The van der Waals surface area contributed by atoms with E-state index in [1.165, 1.54) is 12.1 Å². The molecule has 0 saturated carbocycles. The fourth-order valence-electron chi connectivity index (χ4n) is 0.604. The lowest BCUT2D eigenvalue weighted by atomic mass is 10.2. The van der Waals surface area contributed by atoms with Crippen molar-refractivity contribution in [2.24, 2.45) is 0 Å². The van der Waals surface area contributed by atoms with E-state index in [0.29, 0.717) is 0 Å². The van der Waals surface area contributed by atoms with E-state index in [2.05, 4.69) is 5.73 Å². The van der Waals surface area contributed by atoms with Gasteiger partial charge in [0.05, 0.1) is 0 Å². The van der Waals surface area contributed by atoms with Gasteiger partial charge < -0.3 is 10.5 Å². The van der Waals surface area contributed by atoms with Gasteiger partial charge in [0.15, 0.2) is 0 Å². The van der Waals surface area contributed by atoms with Crippen molar-refractivity contribution in [3.05, 3.63) is 46.6 Å². The van der Waals surface area contributed by atoms with Crippen molar-refractivity contribution in [2.45, 2.75) is 0 Å². The molecule has 0 atom stereocenters. The molecule has 0 unspecified atom stereocenters. The number of hydrogen-bond donors (Lipinski definition) is 1. The summed E-state index contributed by atoms with van der Waals surface area (Å²) in [6, 6.07) is 6.54. The Hall–Kier alpha value is -1.15. The molecule has 0 aliphatic rings. The van der Waals surface area contributed by atoms with E-state index in [4.69, 9.17) is 0 Å². The molecule has 0 aromatic heterocycles. The van der Waals surface area contributed by atoms with Gasteiger partial charge in [-0.15, -0.1) is 0 Å². The molecule has 0 saturated heterocycles. The zero-order valence-corrected chi connectivity index (χ0v) is 5.00. The van der Waals surface area contributed by atoms with Gasteiger partial charge in [-0.3, -0.25) is 12.1 Å². The topological polar surface area (TPSA) is 44.7 Å². The molecule has 9 heavy (non-hydrogen) atoms. The lowest BCUT2D eigenvalue weighted by molar-refractivity contribution is -0.307. The lowest BCUT2D eigenvalue weighted by Gasteiger charge is -2.06. The highest BCUT2D eigenvalue weighted by molar-refractivity contribution is 5.18. The molecule has 1 aromatic rings. The van der Waals surface area contributed by atoms with Crippen molar-refractivity contribution in [3.63, 3.8) is 0 Å². The van der Waals surface area contributed by atoms with Gasteiger partial charge in [-0.05, 0) is 0 Å². The van der Waals surface area contributed by atoms with Gasteiger partial charge in [-0.2, -0.15) is 12.1 Å². The molecule has 48 valence electrons. The largest absolute Gasteiger partial charge is 0.389 e. The quantitative estimate of drug-likeness (QED) is 0.502. The molecule has 2 nitrogen and oxygen atoms in total. The Morgan fingerprint density at radius 2 is 2.33 bits per heavy atom. The average molecular weight is 122 g/mol. The minimum Gasteiger partial charge on any atom is -0.389 e. The van der Waals surface area contributed by atoms with Crippen LogP contribution in [0.3, 0.4) is 0 Å². The van der Waals surface area contributed by atoms with E-state index < -0.39 is 0 Å². The van der Waals surface area contributed by atoms with Crippen LogP contribution in [-0.4, -0.2) is 0 Å². The average Bonchev–Trinajstić information content (AvgIpc) is 1.90. The third-order valence-electron chi connectivity index (χ3n) is 1.12. The summed E-state index contributed by atoms with van der Waals surface area (Å²) in [5, 5.41) is 0. The summed E-state index contributed by atoms with van der Waals surface area (Å²) < 4.78 is 0. The predicted octanol–water partition coefficient (Wildman–Crippen LogP) is -0.483. The SMILES string of the molecule is [NH3+][CH-]c1ccc(=O)[cH-]c1. The van der Waals surface area contributed by atoms with Crippen molar-refractivity contribution in [1.29, 1.82) is 0 Å². The van der Waals surface area contributed by atoms with Crippen LogP contribution in [0.1, 0.15) is 5.56 Å². The maximum Gasteiger partial charge on any atom is 0.0483 e. The summed E-state index contributed by atoms with van der Waals surface area (Å²) in [5.41, 5.74) is 4.58. The number of rotatable bonds is 1. The van der Waals surface area contributed by atoms with E-state index in [1.54, 1.807) is 18.7 Å². The van der Waals surface area contributed by atoms with Gasteiger partial charge in [-0.25, -0.2) is 5.56 Å². The summed E-state index contributed by atoms with van der Waals surface area (Å²) in [5.74, 6) is 0. The van der Waals surface area contributed by atoms with Crippen LogP contribution in [-0.2, 0) is 0 Å². The van der Waals surface area contributed by atoms with E-state index in [-0.39, 0.29) is 5.43 Å². The minimum atomic E-state index is 0.0422. The first-order valence-corrected chi connectivity index (χ1v) is 2.72. The predicted molar refractivity (Wildman–Crippen MR) is 34.6 cm³/mol. The van der Waals surface area contributed by atoms with Crippen LogP contribution in [0.25, 0.3) is 0 Å². The van der Waals surface area contributed by atoms with Crippen LogP contribution < -0.4 is 11.2 Å². The molecular formula is C7H8NO-. The van der Waals surface area contributed by atoms with Crippen molar-refractivity contribution in [3.8, 4) is 0 Å². The maximum atomic E-state index is 10.5. The summed E-state index contributed by atoms with van der Waals surface area (Å²) in [6.45, 7) is 1.71. The highest BCUT2D eigenvalue weighted by atomic mass is 16.1. The summed E-state index contributed by atoms with van der Waals surface area (Å²) in [4.78, 5) is 10.5. The van der Waals surface area contributed by atoms with E-state index in [9.17, 15) is 4.79 Å². The fourth-order valence-corrected chi connectivity index (χ4v) is 0.604. The first-order chi connectivity index (χ1) is 4.33. The Bertz CT molecular complexity index is 218. The molecule has 0 heterocycles. The van der Waals surface area contributed by atoms with Gasteiger partial charge in [-0.1, -0.05) is 6.54 Å². The van der Waals surface area contributed by atoms with Crippen molar-refractivity contribution >= 4 is 0 Å². The van der Waals surface area contributed by atoms with Crippen LogP contribution in [0.4, 0.5) is 0 Å². The Morgan fingerprint density at radius 3 is 2.78 bits per heavy atom. The second-order valence-electron chi connectivity index (χ2n) is 1.77. The van der Waals surface area contributed by atoms with Crippen LogP contribution >= 0.6 is 0 Å². The molecule has 1 aromatic carbocycles. The second-order valence-corrected chi connectivity index (χ2v) is 1.77. The van der Waals surface area contributed by atoms with E-state index in [1.807, 2.05) is 0 Å². The molecule has 0 radical (unpaired) electrons. The molecule has 0 aliphatic heterocycles. The number of hydrogen-bond acceptors (Lipinski definition) is 1. The first-order valence-electron chi connectivity index (χ1n) is 2.72. The molecule has 2 heteroatoms. The fraction of sp³-hybridized carbons (Fsp3) is 0. The van der Waals surface area contributed by atoms with Gasteiger partial charge in [0.25, 0.3) is 0 Å². The normalized spacial score (nSPS) is 9.00. The Labute approximate surface area is 53.3 Å². The highest BCUT2D eigenvalue weighted by Crippen LogP contribution is 1.91. The molecule has 0 amide bonds. The van der Waals surface area contributed by atoms with Crippen molar-refractivity contribution in [1.82, 2.24) is 0 Å². The molecule has 0 fully saturated rings. The summed E-state index contributed by atoms with van der Waals surface area (Å²) in [6.07, 6.45) is 0. The van der Waals surface area contributed by atoms with Gasteiger partial charge in [0.1, 0.15) is 0 Å². The third kappa shape index (κ3) is 1.37. The van der Waals surface area contributed by atoms with Gasteiger partial charge >= 0.3 is 0 Å². The monoisotopic (exact) mass is 122 g/mol. The zero-order chi connectivity index (χ0) is 6.69. The van der Waals surface area contributed by atoms with Crippen LogP contribution in [0.5, 0.6) is 0 Å². The molecule has 1 rings (SSSR count). The first kappa shape index (κ1) is 5.98. The summed E-state index contributed by atoms with van der Waals surface area (Å²) >= 11 is 0. The zero-order valence-electron chi connectivity index (χ0n) is 5.00. The Kier molecular flexibility index (Phi) is 1.60. The Balaban J connectivity index is 3.02.